The molecule has 0 radical (unpaired) electrons. The van der Waals surface area contributed by atoms with Crippen molar-refractivity contribution in [2.45, 2.75) is 35.6 Å². The van der Waals surface area contributed by atoms with Crippen LogP contribution in [0.5, 0.6) is 5.75 Å². The lowest BCUT2D eigenvalue weighted by molar-refractivity contribution is -0.132. The van der Waals surface area contributed by atoms with Crippen molar-refractivity contribution in [2.75, 3.05) is 4.90 Å². The van der Waals surface area contributed by atoms with Crippen LogP contribution in [-0.2, 0) is 21.8 Å². The number of aliphatic hydroxyl groups is 1. The molecule has 11 heteroatoms. The van der Waals surface area contributed by atoms with E-state index in [1.165, 1.54) is 36.0 Å². The number of benzene rings is 3. The van der Waals surface area contributed by atoms with Crippen LogP contribution in [0.2, 0.25) is 0 Å². The number of aromatic nitrogens is 2. The van der Waals surface area contributed by atoms with Crippen LogP contribution in [0, 0.1) is 11.6 Å². The first kappa shape index (κ1) is 26.1. The third-order valence-corrected chi connectivity index (χ3v) is 8.83. The van der Waals surface area contributed by atoms with Crippen LogP contribution in [0.15, 0.2) is 76.6 Å². The summed E-state index contributed by atoms with van der Waals surface area (Å²) in [5, 5.41) is 19.7. The molecule has 1 N–H and O–H groups in total. The number of rotatable bonds is 6. The summed E-state index contributed by atoms with van der Waals surface area (Å²) in [6.45, 7) is 1.92. The standard InChI is InChI=1S/C29H21F2N3O4S2/c1-15-12-18-13-16(10-11-22(18)38-15)25(35)23-24(19-7-3-5-9-21(19)31)34(27(37)26(23)36)28-32-33-29(40-28)39-14-17-6-2-4-8-20(17)30/h2-11,13,15,24,35H,12,14H2,1H3/t15-,24-/m1/s1. The van der Waals surface area contributed by atoms with E-state index in [0.29, 0.717) is 27.6 Å². The minimum Gasteiger partial charge on any atom is -0.507 e. The number of carbonyl (C=O) groups is 2. The summed E-state index contributed by atoms with van der Waals surface area (Å²) in [7, 11) is 0. The molecule has 7 nitrogen and oxygen atoms in total. The van der Waals surface area contributed by atoms with E-state index in [4.69, 9.17) is 4.74 Å². The van der Waals surface area contributed by atoms with Crippen molar-refractivity contribution in [2.24, 2.45) is 0 Å². The molecule has 2 atom stereocenters. The second kappa shape index (κ2) is 10.5. The van der Waals surface area contributed by atoms with Gasteiger partial charge in [-0.05, 0) is 48.4 Å². The molecule has 2 aliphatic rings. The fourth-order valence-electron chi connectivity index (χ4n) is 4.86. The Kier molecular flexibility index (Phi) is 6.85. The largest absolute Gasteiger partial charge is 0.507 e. The second-order valence-electron chi connectivity index (χ2n) is 9.38. The average Bonchev–Trinajstić information content (AvgIpc) is 3.63. The summed E-state index contributed by atoms with van der Waals surface area (Å²) >= 11 is 2.24. The number of carbonyl (C=O) groups excluding carboxylic acids is 2. The Morgan fingerprint density at radius 1 is 1.07 bits per heavy atom. The quantitative estimate of drug-likeness (QED) is 0.0980. The van der Waals surface area contributed by atoms with Crippen molar-refractivity contribution in [3.05, 3.63) is 106 Å². The van der Waals surface area contributed by atoms with Gasteiger partial charge in [0.05, 0.1) is 5.57 Å². The van der Waals surface area contributed by atoms with Crippen LogP contribution >= 0.6 is 23.1 Å². The third kappa shape index (κ3) is 4.65. The summed E-state index contributed by atoms with van der Waals surface area (Å²) in [5.41, 5.74) is 1.42. The van der Waals surface area contributed by atoms with Gasteiger partial charge in [-0.2, -0.15) is 0 Å². The molecule has 2 aliphatic heterocycles. The van der Waals surface area contributed by atoms with Crippen LogP contribution in [0.4, 0.5) is 13.9 Å². The molecule has 0 aliphatic carbocycles. The minimum absolute atomic E-state index is 0.0251. The molecule has 1 saturated heterocycles. The third-order valence-electron chi connectivity index (χ3n) is 6.72. The molecule has 6 rings (SSSR count). The predicted octanol–water partition coefficient (Wildman–Crippen LogP) is 6.06. The van der Waals surface area contributed by atoms with Gasteiger partial charge in [0.1, 0.15) is 35.3 Å². The van der Waals surface area contributed by atoms with Crippen molar-refractivity contribution in [1.29, 1.82) is 0 Å². The topological polar surface area (TPSA) is 92.6 Å². The van der Waals surface area contributed by atoms with Crippen molar-refractivity contribution >= 4 is 45.7 Å². The van der Waals surface area contributed by atoms with Crippen molar-refractivity contribution in [3.63, 3.8) is 0 Å². The summed E-state index contributed by atoms with van der Waals surface area (Å²) in [6.07, 6.45) is 0.596. The zero-order valence-corrected chi connectivity index (χ0v) is 22.6. The van der Waals surface area contributed by atoms with E-state index >= 15 is 4.39 Å². The number of ketones is 1. The highest BCUT2D eigenvalue weighted by Crippen LogP contribution is 2.45. The number of halogens is 2. The zero-order chi connectivity index (χ0) is 28.0. The van der Waals surface area contributed by atoms with Gasteiger partial charge in [-0.3, -0.25) is 14.5 Å². The van der Waals surface area contributed by atoms with Crippen molar-refractivity contribution < 1.29 is 28.2 Å². The maximum atomic E-state index is 15.2. The highest BCUT2D eigenvalue weighted by atomic mass is 32.2. The lowest BCUT2D eigenvalue weighted by atomic mass is 9.94. The molecule has 202 valence electrons. The Bertz CT molecular complexity index is 1690. The van der Waals surface area contributed by atoms with Gasteiger partial charge in [-0.1, -0.05) is 59.5 Å². The van der Waals surface area contributed by atoms with Gasteiger partial charge in [0.15, 0.2) is 4.34 Å². The number of anilines is 1. The van der Waals surface area contributed by atoms with Crippen LogP contribution in [0.25, 0.3) is 5.76 Å². The Morgan fingerprint density at radius 2 is 1.82 bits per heavy atom. The van der Waals surface area contributed by atoms with E-state index in [-0.39, 0.29) is 33.9 Å². The fourth-order valence-corrected chi connectivity index (χ4v) is 6.71. The molecule has 4 aromatic rings. The number of hydrogen-bond acceptors (Lipinski definition) is 8. The molecule has 1 fully saturated rings. The number of amides is 1. The maximum absolute atomic E-state index is 15.2. The number of aliphatic hydroxyl groups excluding tert-OH is 1. The van der Waals surface area contributed by atoms with E-state index in [9.17, 15) is 19.1 Å². The van der Waals surface area contributed by atoms with Gasteiger partial charge >= 0.3 is 5.91 Å². The zero-order valence-electron chi connectivity index (χ0n) is 21.0. The van der Waals surface area contributed by atoms with Crippen molar-refractivity contribution in [3.8, 4) is 5.75 Å². The van der Waals surface area contributed by atoms with E-state index < -0.39 is 29.3 Å². The van der Waals surface area contributed by atoms with E-state index in [1.54, 1.807) is 42.5 Å². The Labute approximate surface area is 236 Å². The first-order chi connectivity index (χ1) is 19.3. The monoisotopic (exact) mass is 577 g/mol. The summed E-state index contributed by atoms with van der Waals surface area (Å²) in [6, 6.07) is 15.8. The van der Waals surface area contributed by atoms with Crippen LogP contribution < -0.4 is 9.64 Å². The van der Waals surface area contributed by atoms with Gasteiger partial charge in [0.25, 0.3) is 5.78 Å². The Balaban J connectivity index is 1.40. The van der Waals surface area contributed by atoms with Crippen molar-refractivity contribution in [1.82, 2.24) is 10.2 Å². The smallest absolute Gasteiger partial charge is 0.301 e. The Morgan fingerprint density at radius 3 is 2.60 bits per heavy atom. The maximum Gasteiger partial charge on any atom is 0.301 e. The molecule has 0 saturated carbocycles. The van der Waals surface area contributed by atoms with Gasteiger partial charge < -0.3 is 9.84 Å². The van der Waals surface area contributed by atoms with Crippen LogP contribution in [0.3, 0.4) is 0 Å². The molecule has 40 heavy (non-hydrogen) atoms. The average molecular weight is 578 g/mol. The van der Waals surface area contributed by atoms with Gasteiger partial charge in [0.2, 0.25) is 5.13 Å². The first-order valence-electron chi connectivity index (χ1n) is 12.4. The molecular weight excluding hydrogens is 556 g/mol. The molecule has 3 aromatic carbocycles. The number of thioether (sulfide) groups is 1. The summed E-state index contributed by atoms with van der Waals surface area (Å²) < 4.78 is 35.4. The number of ether oxygens (including phenoxy) is 1. The highest BCUT2D eigenvalue weighted by molar-refractivity contribution is 8.00. The normalized spacial score (nSPS) is 19.6. The fraction of sp³-hybridized carbons (Fsp3) is 0.172. The number of Topliss-reactive ketones (excluding diaryl/α,β-unsaturated/α-hetero) is 1. The van der Waals surface area contributed by atoms with E-state index in [1.807, 2.05) is 6.92 Å². The van der Waals surface area contributed by atoms with E-state index in [0.717, 1.165) is 21.8 Å². The second-order valence-corrected chi connectivity index (χ2v) is 11.6. The molecule has 0 unspecified atom stereocenters. The number of hydrogen-bond donors (Lipinski definition) is 1. The molecule has 0 bridgehead atoms. The molecule has 1 aromatic heterocycles. The molecule has 1 amide bonds. The first-order valence-corrected chi connectivity index (χ1v) is 14.2. The Hall–Kier alpha value is -4.09. The lowest BCUT2D eigenvalue weighted by Gasteiger charge is -2.22. The van der Waals surface area contributed by atoms with Gasteiger partial charge in [-0.15, -0.1) is 10.2 Å². The lowest BCUT2D eigenvalue weighted by Crippen LogP contribution is -2.29. The highest BCUT2D eigenvalue weighted by Gasteiger charge is 2.49. The number of fused-ring (bicyclic) bond motifs is 1. The predicted molar refractivity (Wildman–Crippen MR) is 147 cm³/mol. The van der Waals surface area contributed by atoms with E-state index in [2.05, 4.69) is 10.2 Å². The van der Waals surface area contributed by atoms with Gasteiger partial charge in [-0.25, -0.2) is 8.78 Å². The minimum atomic E-state index is -1.28. The van der Waals surface area contributed by atoms with Crippen LogP contribution in [0.1, 0.15) is 35.2 Å². The summed E-state index contributed by atoms with van der Waals surface area (Å²) in [4.78, 5) is 27.8. The molecule has 3 heterocycles. The number of nitrogens with zero attached hydrogens (tertiary/aromatic N) is 3. The van der Waals surface area contributed by atoms with Crippen LogP contribution in [-0.4, -0.2) is 33.1 Å². The SMILES string of the molecule is C[C@@H]1Cc2cc(C(O)=C3C(=O)C(=O)N(c4nnc(SCc5ccccc5F)s4)[C@@H]3c3ccccc3F)ccc2O1. The summed E-state index contributed by atoms with van der Waals surface area (Å²) in [5.74, 6) is -2.39. The van der Waals surface area contributed by atoms with Gasteiger partial charge in [0, 0.05) is 23.3 Å². The molecular formula is C29H21F2N3O4S2. The molecule has 0 spiro atoms.